The maximum atomic E-state index is 13.1. The summed E-state index contributed by atoms with van der Waals surface area (Å²) < 4.78 is 6.38. The van der Waals surface area contributed by atoms with E-state index < -0.39 is 0 Å². The normalized spacial score (nSPS) is 36.0. The largest absolute Gasteiger partial charge is 0.462 e. The monoisotopic (exact) mass is 675 g/mol. The van der Waals surface area contributed by atoms with E-state index >= 15 is 0 Å². The fraction of sp³-hybridized carbons (Fsp3) is 0.851. The van der Waals surface area contributed by atoms with E-state index in [1.165, 1.54) is 128 Å². The number of esters is 1. The molecule has 2 nitrogen and oxygen atoms in total. The molecule has 0 radical (unpaired) electrons. The Bertz CT molecular complexity index is 1140. The van der Waals surface area contributed by atoms with Crippen LogP contribution in [0.3, 0.4) is 0 Å². The van der Waals surface area contributed by atoms with Crippen LogP contribution in [0.4, 0.5) is 0 Å². The molecule has 0 N–H and O–H groups in total. The van der Waals surface area contributed by atoms with E-state index in [1.807, 2.05) is 0 Å². The zero-order valence-corrected chi connectivity index (χ0v) is 33.3. The minimum atomic E-state index is 0.0707. The maximum absolute atomic E-state index is 13.1. The molecule has 0 heterocycles. The average Bonchev–Trinajstić information content (AvgIpc) is 3.62. The molecule has 0 aromatic heterocycles. The van der Waals surface area contributed by atoms with Gasteiger partial charge >= 0.3 is 5.97 Å². The molecule has 2 spiro atoms. The van der Waals surface area contributed by atoms with E-state index in [0.29, 0.717) is 28.6 Å². The molecule has 5 aliphatic carbocycles. The van der Waals surface area contributed by atoms with Crippen LogP contribution < -0.4 is 0 Å². The van der Waals surface area contributed by atoms with Gasteiger partial charge in [-0.15, -0.1) is 0 Å². The lowest BCUT2D eigenvalue weighted by molar-refractivity contribution is -0.175. The Kier molecular flexibility index (Phi) is 13.5. The van der Waals surface area contributed by atoms with Crippen LogP contribution in [0, 0.1) is 51.2 Å². The second-order valence-corrected chi connectivity index (χ2v) is 19.1. The first kappa shape index (κ1) is 38.9. The standard InChI is InChI=1S/C47H78O2/c1-8-9-10-11-12-13-14-15-16-17-18-19-20-21-22-26-43(48)49-42-31-32-47-35-46(47)34-33-45(7)38(25-23-24-37(4)36(2)3)27-28-39(45)40(46)29-30-41(47)44(42,5)6/h12-13,15-16,36,38-42H,4,8-11,14,17-35H2,1-3,5-7H3. The van der Waals surface area contributed by atoms with Gasteiger partial charge in [0.15, 0.2) is 0 Å². The summed E-state index contributed by atoms with van der Waals surface area (Å²) in [6.07, 6.45) is 39.9. The van der Waals surface area contributed by atoms with E-state index in [2.05, 4.69) is 72.4 Å². The summed E-state index contributed by atoms with van der Waals surface area (Å²) in [4.78, 5) is 13.1. The van der Waals surface area contributed by atoms with Gasteiger partial charge in [0.2, 0.25) is 0 Å². The SMILES string of the molecule is C=C(CCCC1CCC2C3CCC4C(C)(C)C(OC(=O)CCCCCCCC=CCC=CCCCCC)CCC45CC35CCC12C)C(C)C. The molecule has 0 aliphatic heterocycles. The summed E-state index contributed by atoms with van der Waals surface area (Å²) in [6.45, 7) is 18.9. The number of allylic oxidation sites excluding steroid dienone is 5. The highest BCUT2D eigenvalue weighted by Gasteiger charge is 2.80. The Labute approximate surface area is 304 Å². The topological polar surface area (TPSA) is 26.3 Å². The van der Waals surface area contributed by atoms with Crippen molar-refractivity contribution < 1.29 is 9.53 Å². The first-order valence-electron chi connectivity index (χ1n) is 21.7. The van der Waals surface area contributed by atoms with Gasteiger partial charge < -0.3 is 4.74 Å². The van der Waals surface area contributed by atoms with Crippen LogP contribution in [-0.2, 0) is 9.53 Å². The van der Waals surface area contributed by atoms with Crippen LogP contribution in [0.2, 0.25) is 0 Å². The quantitative estimate of drug-likeness (QED) is 0.0730. The van der Waals surface area contributed by atoms with E-state index in [-0.39, 0.29) is 17.5 Å². The average molecular weight is 675 g/mol. The molecular weight excluding hydrogens is 597 g/mol. The predicted molar refractivity (Wildman–Crippen MR) is 209 cm³/mol. The van der Waals surface area contributed by atoms with Crippen molar-refractivity contribution >= 4 is 5.97 Å². The van der Waals surface area contributed by atoms with Gasteiger partial charge in [-0.2, -0.15) is 0 Å². The van der Waals surface area contributed by atoms with Crippen LogP contribution in [0.1, 0.15) is 196 Å². The van der Waals surface area contributed by atoms with Gasteiger partial charge in [0, 0.05) is 11.8 Å². The van der Waals surface area contributed by atoms with Crippen LogP contribution in [0.5, 0.6) is 0 Å². The van der Waals surface area contributed by atoms with Crippen molar-refractivity contribution in [3.05, 3.63) is 36.5 Å². The first-order valence-corrected chi connectivity index (χ1v) is 21.7. The first-order chi connectivity index (χ1) is 23.5. The highest BCUT2D eigenvalue weighted by Crippen LogP contribution is 2.87. The molecule has 0 bridgehead atoms. The molecule has 5 saturated carbocycles. The van der Waals surface area contributed by atoms with Gasteiger partial charge in [-0.3, -0.25) is 4.79 Å². The molecule has 0 saturated heterocycles. The molecule has 5 aliphatic rings. The molecule has 0 amide bonds. The van der Waals surface area contributed by atoms with Crippen molar-refractivity contribution in [1.29, 1.82) is 0 Å². The maximum Gasteiger partial charge on any atom is 0.306 e. The summed E-state index contributed by atoms with van der Waals surface area (Å²) in [5, 5.41) is 0. The van der Waals surface area contributed by atoms with Gasteiger partial charge in [0.25, 0.3) is 0 Å². The van der Waals surface area contributed by atoms with Crippen molar-refractivity contribution in [2.75, 3.05) is 0 Å². The predicted octanol–water partition coefficient (Wildman–Crippen LogP) is 14.1. The van der Waals surface area contributed by atoms with E-state index in [9.17, 15) is 4.79 Å². The number of ether oxygens (including phenoxy) is 1. The highest BCUT2D eigenvalue weighted by atomic mass is 16.5. The van der Waals surface area contributed by atoms with Crippen LogP contribution in [-0.4, -0.2) is 12.1 Å². The molecular formula is C47H78O2. The van der Waals surface area contributed by atoms with Gasteiger partial charge in [-0.05, 0) is 161 Å². The van der Waals surface area contributed by atoms with E-state index in [4.69, 9.17) is 4.74 Å². The minimum Gasteiger partial charge on any atom is -0.462 e. The van der Waals surface area contributed by atoms with Crippen LogP contribution >= 0.6 is 0 Å². The van der Waals surface area contributed by atoms with Crippen LogP contribution in [0.15, 0.2) is 36.5 Å². The number of hydrogen-bond donors (Lipinski definition) is 0. The Morgan fingerprint density at radius 2 is 1.45 bits per heavy atom. The molecule has 5 fully saturated rings. The van der Waals surface area contributed by atoms with Gasteiger partial charge in [0.05, 0.1) is 0 Å². The number of carbonyl (C=O) groups excluding carboxylic acids is 1. The fourth-order valence-corrected chi connectivity index (χ4v) is 12.8. The summed E-state index contributed by atoms with van der Waals surface area (Å²) in [6, 6.07) is 0. The lowest BCUT2D eigenvalue weighted by Crippen LogP contribution is -2.55. The molecule has 8 atom stereocenters. The van der Waals surface area contributed by atoms with Gasteiger partial charge in [-0.1, -0.05) is 110 Å². The molecule has 8 unspecified atom stereocenters. The molecule has 0 aromatic rings. The fourth-order valence-electron chi connectivity index (χ4n) is 12.8. The molecule has 49 heavy (non-hydrogen) atoms. The Hall–Kier alpha value is -1.31. The smallest absolute Gasteiger partial charge is 0.306 e. The van der Waals surface area contributed by atoms with Crippen molar-refractivity contribution in [1.82, 2.24) is 0 Å². The summed E-state index contributed by atoms with van der Waals surface area (Å²) in [5.74, 6) is 4.24. The van der Waals surface area contributed by atoms with Gasteiger partial charge in [-0.25, -0.2) is 0 Å². The number of hydrogen-bond acceptors (Lipinski definition) is 2. The van der Waals surface area contributed by atoms with Crippen molar-refractivity contribution in [2.24, 2.45) is 51.2 Å². The molecule has 2 heteroatoms. The minimum absolute atomic E-state index is 0.0707. The number of unbranched alkanes of at least 4 members (excludes halogenated alkanes) is 8. The second-order valence-electron chi connectivity index (χ2n) is 19.1. The Morgan fingerprint density at radius 1 is 0.755 bits per heavy atom. The number of carbonyl (C=O) groups is 1. The van der Waals surface area contributed by atoms with Crippen molar-refractivity contribution in [3.8, 4) is 0 Å². The van der Waals surface area contributed by atoms with Crippen molar-refractivity contribution in [2.45, 2.75) is 202 Å². The summed E-state index contributed by atoms with van der Waals surface area (Å²) >= 11 is 0. The Morgan fingerprint density at radius 3 is 2.18 bits per heavy atom. The van der Waals surface area contributed by atoms with Crippen molar-refractivity contribution in [3.63, 3.8) is 0 Å². The molecule has 278 valence electrons. The number of rotatable bonds is 20. The third-order valence-electron chi connectivity index (χ3n) is 15.9. The third-order valence-corrected chi connectivity index (χ3v) is 15.9. The Balaban J connectivity index is 1.01. The lowest BCUT2D eigenvalue weighted by atomic mass is 9.46. The zero-order chi connectivity index (χ0) is 35.1. The third kappa shape index (κ3) is 8.35. The van der Waals surface area contributed by atoms with E-state index in [1.54, 1.807) is 0 Å². The zero-order valence-electron chi connectivity index (χ0n) is 33.3. The summed E-state index contributed by atoms with van der Waals surface area (Å²) in [7, 11) is 0. The lowest BCUT2D eigenvalue weighted by Gasteiger charge is -2.59. The highest BCUT2D eigenvalue weighted by molar-refractivity contribution is 5.69. The van der Waals surface area contributed by atoms with Crippen LogP contribution in [0.25, 0.3) is 0 Å². The second kappa shape index (κ2) is 17.0. The number of fused-ring (bicyclic) bond motifs is 2. The summed E-state index contributed by atoms with van der Waals surface area (Å²) in [5.41, 5.74) is 3.25. The van der Waals surface area contributed by atoms with E-state index in [0.717, 1.165) is 49.4 Å². The van der Waals surface area contributed by atoms with Gasteiger partial charge in [0.1, 0.15) is 6.10 Å². The molecule has 5 rings (SSSR count). The molecule has 0 aromatic carbocycles.